The molecule has 26 heavy (non-hydrogen) atoms. The number of rotatable bonds is 5. The zero-order chi connectivity index (χ0) is 17.7. The molecule has 4 aliphatic rings. The lowest BCUT2D eigenvalue weighted by molar-refractivity contribution is -0.141. The number of nitrogens with zero attached hydrogens (tertiary/aromatic N) is 2. The van der Waals surface area contributed by atoms with Crippen LogP contribution in [0.4, 0.5) is 4.39 Å². The van der Waals surface area contributed by atoms with Crippen molar-refractivity contribution < 1.29 is 13.6 Å². The number of Topliss-reactive ketones (excluding diaryl/α,β-unsaturated/α-hetero) is 1. The van der Waals surface area contributed by atoms with Gasteiger partial charge in [0.25, 0.3) is 5.22 Å². The maximum Gasteiger partial charge on any atom is 0.277 e. The fourth-order valence-electron chi connectivity index (χ4n) is 5.71. The monoisotopic (exact) mass is 372 g/mol. The molecule has 1 aromatic carbocycles. The number of benzene rings is 1. The molecule has 0 aliphatic heterocycles. The van der Waals surface area contributed by atoms with Gasteiger partial charge in [-0.2, -0.15) is 0 Å². The first-order chi connectivity index (χ1) is 12.6. The summed E-state index contributed by atoms with van der Waals surface area (Å²) in [5.74, 6) is 3.12. The number of ketones is 1. The number of thioether (sulfide) groups is 1. The van der Waals surface area contributed by atoms with Crippen molar-refractivity contribution in [2.75, 3.05) is 5.75 Å². The van der Waals surface area contributed by atoms with E-state index in [9.17, 15) is 9.18 Å². The molecule has 4 fully saturated rings. The lowest BCUT2D eigenvalue weighted by Crippen LogP contribution is -2.50. The molecule has 2 aromatic rings. The van der Waals surface area contributed by atoms with Gasteiger partial charge in [-0.05, 0) is 80.5 Å². The average molecular weight is 372 g/mol. The molecule has 4 nitrogen and oxygen atoms in total. The van der Waals surface area contributed by atoms with Gasteiger partial charge in [0.2, 0.25) is 5.89 Å². The van der Waals surface area contributed by atoms with Crippen LogP contribution >= 0.6 is 11.8 Å². The molecular formula is C20H21FN2O2S. The highest BCUT2D eigenvalue weighted by Crippen LogP contribution is 2.60. The summed E-state index contributed by atoms with van der Waals surface area (Å²) in [7, 11) is 0. The Kier molecular flexibility index (Phi) is 3.92. The van der Waals surface area contributed by atoms with Crippen LogP contribution in [0.5, 0.6) is 0 Å². The van der Waals surface area contributed by atoms with E-state index in [1.807, 2.05) is 0 Å². The topological polar surface area (TPSA) is 56.0 Å². The molecule has 1 aromatic heterocycles. The van der Waals surface area contributed by atoms with E-state index < -0.39 is 0 Å². The van der Waals surface area contributed by atoms with Crippen LogP contribution in [-0.4, -0.2) is 21.7 Å². The fraction of sp³-hybridized carbons (Fsp3) is 0.550. The normalized spacial score (nSPS) is 32.1. The molecule has 0 spiro atoms. The quantitative estimate of drug-likeness (QED) is 0.709. The SMILES string of the molecule is O=C(CSc1nnc(-c2ccc(F)cc2)o1)C12CC3CC(CC(C3)C1)C2. The van der Waals surface area contributed by atoms with Crippen LogP contribution in [0.15, 0.2) is 33.9 Å². The molecular weight excluding hydrogens is 351 g/mol. The summed E-state index contributed by atoms with van der Waals surface area (Å²) in [5, 5.41) is 8.45. The van der Waals surface area contributed by atoms with Gasteiger partial charge in [0, 0.05) is 11.0 Å². The maximum atomic E-state index is 13.0. The van der Waals surface area contributed by atoms with Crippen molar-refractivity contribution in [3.8, 4) is 11.5 Å². The van der Waals surface area contributed by atoms with Gasteiger partial charge in [-0.1, -0.05) is 11.8 Å². The number of carbonyl (C=O) groups is 1. The van der Waals surface area contributed by atoms with Gasteiger partial charge in [-0.25, -0.2) is 4.39 Å². The zero-order valence-corrected chi connectivity index (χ0v) is 15.3. The van der Waals surface area contributed by atoms with Gasteiger partial charge in [0.05, 0.1) is 5.75 Å². The Balaban J connectivity index is 1.25. The van der Waals surface area contributed by atoms with Crippen molar-refractivity contribution in [1.82, 2.24) is 10.2 Å². The summed E-state index contributed by atoms with van der Waals surface area (Å²) < 4.78 is 18.7. The highest BCUT2D eigenvalue weighted by molar-refractivity contribution is 7.99. The number of aromatic nitrogens is 2. The summed E-state index contributed by atoms with van der Waals surface area (Å²) in [4.78, 5) is 13.0. The Morgan fingerprint density at radius 3 is 2.31 bits per heavy atom. The van der Waals surface area contributed by atoms with Crippen LogP contribution in [0.3, 0.4) is 0 Å². The first kappa shape index (κ1) is 16.5. The minimum atomic E-state index is -0.302. The van der Waals surface area contributed by atoms with E-state index in [-0.39, 0.29) is 11.2 Å². The summed E-state index contributed by atoms with van der Waals surface area (Å²) in [6.45, 7) is 0. The summed E-state index contributed by atoms with van der Waals surface area (Å²) in [6, 6.07) is 5.95. The largest absolute Gasteiger partial charge is 0.411 e. The van der Waals surface area contributed by atoms with E-state index in [2.05, 4.69) is 10.2 Å². The Bertz CT molecular complexity index is 797. The van der Waals surface area contributed by atoms with Gasteiger partial charge in [0.1, 0.15) is 11.6 Å². The Hall–Kier alpha value is -1.69. The highest BCUT2D eigenvalue weighted by atomic mass is 32.2. The number of carbonyl (C=O) groups excluding carboxylic acids is 1. The van der Waals surface area contributed by atoms with Crippen LogP contribution in [0.1, 0.15) is 38.5 Å². The Labute approximate surface area is 156 Å². The number of hydrogen-bond donors (Lipinski definition) is 0. The van der Waals surface area contributed by atoms with Gasteiger partial charge in [-0.15, -0.1) is 10.2 Å². The molecule has 1 heterocycles. The predicted octanol–water partition coefficient (Wildman–Crippen LogP) is 4.75. The predicted molar refractivity (Wildman–Crippen MR) is 96.0 cm³/mol. The first-order valence-corrected chi connectivity index (χ1v) is 10.3. The third-order valence-corrected chi connectivity index (χ3v) is 7.27. The number of hydrogen-bond acceptors (Lipinski definition) is 5. The lowest BCUT2D eigenvalue weighted by Gasteiger charge is -2.55. The molecule has 4 aliphatic carbocycles. The van der Waals surface area contributed by atoms with Crippen LogP contribution < -0.4 is 0 Å². The van der Waals surface area contributed by atoms with E-state index in [1.54, 1.807) is 12.1 Å². The van der Waals surface area contributed by atoms with Crippen LogP contribution in [0, 0.1) is 29.0 Å². The molecule has 6 heteroatoms. The molecule has 0 atom stereocenters. The molecule has 0 radical (unpaired) electrons. The molecule has 0 N–H and O–H groups in total. The molecule has 0 saturated heterocycles. The molecule has 4 saturated carbocycles. The zero-order valence-electron chi connectivity index (χ0n) is 14.5. The van der Waals surface area contributed by atoms with Gasteiger partial charge < -0.3 is 4.42 Å². The van der Waals surface area contributed by atoms with Crippen molar-refractivity contribution >= 4 is 17.5 Å². The van der Waals surface area contributed by atoms with E-state index in [1.165, 1.54) is 43.2 Å². The Morgan fingerprint density at radius 1 is 1.08 bits per heavy atom. The summed E-state index contributed by atoms with van der Waals surface area (Å²) >= 11 is 1.33. The van der Waals surface area contributed by atoms with Crippen molar-refractivity contribution in [3.63, 3.8) is 0 Å². The molecule has 0 amide bonds. The third-order valence-electron chi connectivity index (χ3n) is 6.45. The second-order valence-electron chi connectivity index (χ2n) is 8.29. The molecule has 4 bridgehead atoms. The van der Waals surface area contributed by atoms with E-state index >= 15 is 0 Å². The molecule has 0 unspecified atom stereocenters. The average Bonchev–Trinajstić information content (AvgIpc) is 3.08. The first-order valence-electron chi connectivity index (χ1n) is 9.35. The van der Waals surface area contributed by atoms with Crippen LogP contribution in [0.25, 0.3) is 11.5 Å². The smallest absolute Gasteiger partial charge is 0.277 e. The second kappa shape index (κ2) is 6.19. The molecule has 136 valence electrons. The van der Waals surface area contributed by atoms with Gasteiger partial charge >= 0.3 is 0 Å². The van der Waals surface area contributed by atoms with E-state index in [0.717, 1.165) is 37.0 Å². The second-order valence-corrected chi connectivity index (χ2v) is 9.22. The van der Waals surface area contributed by atoms with Crippen molar-refractivity contribution in [3.05, 3.63) is 30.1 Å². The lowest BCUT2D eigenvalue weighted by atomic mass is 9.48. The van der Waals surface area contributed by atoms with Crippen LogP contribution in [-0.2, 0) is 4.79 Å². The summed E-state index contributed by atoms with van der Waals surface area (Å²) in [6.07, 6.45) is 7.27. The van der Waals surface area contributed by atoms with Crippen molar-refractivity contribution in [1.29, 1.82) is 0 Å². The van der Waals surface area contributed by atoms with Gasteiger partial charge in [0.15, 0.2) is 0 Å². The molecule has 6 rings (SSSR count). The van der Waals surface area contributed by atoms with Crippen LogP contribution in [0.2, 0.25) is 0 Å². The minimum absolute atomic E-state index is 0.0818. The van der Waals surface area contributed by atoms with E-state index in [4.69, 9.17) is 4.42 Å². The van der Waals surface area contributed by atoms with Gasteiger partial charge in [-0.3, -0.25) is 4.79 Å². The third kappa shape index (κ3) is 2.88. The summed E-state index contributed by atoms with van der Waals surface area (Å²) in [5.41, 5.74) is 0.597. The number of halogens is 1. The maximum absolute atomic E-state index is 13.0. The van der Waals surface area contributed by atoms with Crippen molar-refractivity contribution in [2.24, 2.45) is 23.2 Å². The van der Waals surface area contributed by atoms with Crippen molar-refractivity contribution in [2.45, 2.75) is 43.7 Å². The highest BCUT2D eigenvalue weighted by Gasteiger charge is 2.54. The fourth-order valence-corrected chi connectivity index (χ4v) is 6.51. The Morgan fingerprint density at radius 2 is 1.69 bits per heavy atom. The minimum Gasteiger partial charge on any atom is -0.411 e. The standard InChI is InChI=1S/C20H21FN2O2S/c21-16-3-1-15(2-4-16)18-22-23-19(25-18)26-11-17(24)20-8-12-5-13(9-20)7-14(6-12)10-20/h1-4,12-14H,5-11H2. The van der Waals surface area contributed by atoms with E-state index in [0.29, 0.717) is 28.2 Å².